The fourth-order valence-electron chi connectivity index (χ4n) is 2.14. The smallest absolute Gasteiger partial charge is 0.240 e. The SMILES string of the molecule is Cc1cc(N)cc(S(=O)(=O)NCC2CCC2)c1C. The fourth-order valence-corrected chi connectivity index (χ4v) is 3.60. The van der Waals surface area contributed by atoms with Crippen molar-refractivity contribution >= 4 is 15.7 Å². The van der Waals surface area contributed by atoms with Gasteiger partial charge in [-0.3, -0.25) is 0 Å². The molecule has 1 saturated carbocycles. The first-order valence-corrected chi connectivity index (χ1v) is 7.75. The molecule has 0 atom stereocenters. The van der Waals surface area contributed by atoms with Crippen molar-refractivity contribution in [3.63, 3.8) is 0 Å². The highest BCUT2D eigenvalue weighted by atomic mass is 32.2. The molecule has 5 heteroatoms. The first-order chi connectivity index (χ1) is 8.40. The van der Waals surface area contributed by atoms with Crippen molar-refractivity contribution in [1.29, 1.82) is 0 Å². The highest BCUT2D eigenvalue weighted by molar-refractivity contribution is 7.89. The normalized spacial score (nSPS) is 16.6. The fraction of sp³-hybridized carbons (Fsp3) is 0.538. The topological polar surface area (TPSA) is 72.2 Å². The lowest BCUT2D eigenvalue weighted by Gasteiger charge is -2.25. The molecular formula is C13H20N2O2S. The standard InChI is InChI=1S/C13H20N2O2S/c1-9-6-12(14)7-13(10(9)2)18(16,17)15-8-11-4-3-5-11/h6-7,11,15H,3-5,8,14H2,1-2H3. The summed E-state index contributed by atoms with van der Waals surface area (Å²) in [7, 11) is -3.44. The van der Waals surface area contributed by atoms with Gasteiger partial charge >= 0.3 is 0 Å². The predicted octanol–water partition coefficient (Wildman–Crippen LogP) is 1.96. The van der Waals surface area contributed by atoms with Gasteiger partial charge in [-0.1, -0.05) is 6.42 Å². The van der Waals surface area contributed by atoms with Crippen LogP contribution >= 0.6 is 0 Å². The molecule has 0 radical (unpaired) electrons. The van der Waals surface area contributed by atoms with Gasteiger partial charge in [-0.05, 0) is 55.9 Å². The molecule has 1 aliphatic rings. The number of nitrogen functional groups attached to an aromatic ring is 1. The van der Waals surface area contributed by atoms with Gasteiger partial charge in [0.05, 0.1) is 4.90 Å². The maximum Gasteiger partial charge on any atom is 0.240 e. The minimum atomic E-state index is -3.44. The minimum absolute atomic E-state index is 0.305. The van der Waals surface area contributed by atoms with E-state index in [9.17, 15) is 8.42 Å². The molecule has 0 aromatic heterocycles. The second-order valence-electron chi connectivity index (χ2n) is 5.11. The number of rotatable bonds is 4. The number of benzene rings is 1. The van der Waals surface area contributed by atoms with Crippen molar-refractivity contribution in [2.45, 2.75) is 38.0 Å². The molecule has 2 rings (SSSR count). The molecule has 0 spiro atoms. The van der Waals surface area contributed by atoms with E-state index in [0.717, 1.165) is 24.0 Å². The van der Waals surface area contributed by atoms with Gasteiger partial charge in [0.2, 0.25) is 10.0 Å². The lowest BCUT2D eigenvalue weighted by molar-refractivity contribution is 0.316. The van der Waals surface area contributed by atoms with Crippen LogP contribution in [0.25, 0.3) is 0 Å². The summed E-state index contributed by atoms with van der Waals surface area (Å²) in [5, 5.41) is 0. The molecule has 1 aromatic rings. The Morgan fingerprint density at radius 1 is 1.33 bits per heavy atom. The number of sulfonamides is 1. The Hall–Kier alpha value is -1.07. The van der Waals surface area contributed by atoms with E-state index in [2.05, 4.69) is 4.72 Å². The Morgan fingerprint density at radius 3 is 2.56 bits per heavy atom. The molecule has 0 aliphatic heterocycles. The average Bonchev–Trinajstić information content (AvgIpc) is 2.20. The van der Waals surface area contributed by atoms with Gasteiger partial charge < -0.3 is 5.73 Å². The van der Waals surface area contributed by atoms with Crippen molar-refractivity contribution < 1.29 is 8.42 Å². The molecule has 0 amide bonds. The maximum atomic E-state index is 12.2. The number of nitrogens with one attached hydrogen (secondary N) is 1. The zero-order chi connectivity index (χ0) is 13.3. The second-order valence-corrected chi connectivity index (χ2v) is 6.85. The van der Waals surface area contributed by atoms with E-state index < -0.39 is 10.0 Å². The number of anilines is 1. The lowest BCUT2D eigenvalue weighted by atomic mass is 9.86. The van der Waals surface area contributed by atoms with Crippen LogP contribution in [0.2, 0.25) is 0 Å². The highest BCUT2D eigenvalue weighted by Crippen LogP contribution is 2.27. The van der Waals surface area contributed by atoms with Crippen LogP contribution in [0, 0.1) is 19.8 Å². The molecular weight excluding hydrogens is 248 g/mol. The van der Waals surface area contributed by atoms with Crippen LogP contribution in [0.3, 0.4) is 0 Å². The monoisotopic (exact) mass is 268 g/mol. The summed E-state index contributed by atoms with van der Waals surface area (Å²) in [6.07, 6.45) is 3.46. The van der Waals surface area contributed by atoms with Gasteiger partial charge in [-0.2, -0.15) is 0 Å². The average molecular weight is 268 g/mol. The van der Waals surface area contributed by atoms with Crippen LogP contribution in [-0.4, -0.2) is 15.0 Å². The first-order valence-electron chi connectivity index (χ1n) is 6.26. The van der Waals surface area contributed by atoms with E-state index in [0.29, 0.717) is 23.0 Å². The summed E-state index contributed by atoms with van der Waals surface area (Å²) < 4.78 is 27.2. The quantitative estimate of drug-likeness (QED) is 0.820. The van der Waals surface area contributed by atoms with Crippen molar-refractivity contribution in [2.24, 2.45) is 5.92 Å². The summed E-state index contributed by atoms with van der Waals surface area (Å²) in [5.74, 6) is 0.502. The van der Waals surface area contributed by atoms with Crippen molar-refractivity contribution in [3.8, 4) is 0 Å². The first kappa shape index (κ1) is 13.4. The van der Waals surface area contributed by atoms with E-state index in [1.165, 1.54) is 12.5 Å². The molecule has 3 N–H and O–H groups in total. The Kier molecular flexibility index (Phi) is 3.64. The maximum absolute atomic E-state index is 12.2. The summed E-state index contributed by atoms with van der Waals surface area (Å²) in [5.41, 5.74) is 7.88. The van der Waals surface area contributed by atoms with Crippen LogP contribution in [0.4, 0.5) is 5.69 Å². The summed E-state index contributed by atoms with van der Waals surface area (Å²) in [6, 6.07) is 3.33. The summed E-state index contributed by atoms with van der Waals surface area (Å²) in [6.45, 7) is 4.22. The predicted molar refractivity (Wildman–Crippen MR) is 72.9 cm³/mol. The molecule has 1 aliphatic carbocycles. The molecule has 0 bridgehead atoms. The van der Waals surface area contributed by atoms with Crippen LogP contribution < -0.4 is 10.5 Å². The zero-order valence-corrected chi connectivity index (χ0v) is 11.7. The number of hydrogen-bond donors (Lipinski definition) is 2. The molecule has 0 unspecified atom stereocenters. The molecule has 100 valence electrons. The molecule has 1 aromatic carbocycles. The Bertz CT molecular complexity index is 548. The molecule has 4 nitrogen and oxygen atoms in total. The minimum Gasteiger partial charge on any atom is -0.399 e. The molecule has 0 saturated heterocycles. The van der Waals surface area contributed by atoms with E-state index in [4.69, 9.17) is 5.73 Å². The number of hydrogen-bond acceptors (Lipinski definition) is 3. The van der Waals surface area contributed by atoms with E-state index in [1.54, 1.807) is 6.07 Å². The van der Waals surface area contributed by atoms with Gasteiger partial charge in [0.15, 0.2) is 0 Å². The Balaban J connectivity index is 2.22. The molecule has 1 fully saturated rings. The summed E-state index contributed by atoms with van der Waals surface area (Å²) in [4.78, 5) is 0.305. The van der Waals surface area contributed by atoms with Gasteiger partial charge in [0, 0.05) is 12.2 Å². The Labute approximate surface area is 109 Å². The summed E-state index contributed by atoms with van der Waals surface area (Å²) >= 11 is 0. The van der Waals surface area contributed by atoms with Gasteiger partial charge in [-0.15, -0.1) is 0 Å². The highest BCUT2D eigenvalue weighted by Gasteiger charge is 2.23. The van der Waals surface area contributed by atoms with Crippen LogP contribution in [0.5, 0.6) is 0 Å². The van der Waals surface area contributed by atoms with Crippen LogP contribution in [-0.2, 0) is 10.0 Å². The third-order valence-electron chi connectivity index (χ3n) is 3.72. The largest absolute Gasteiger partial charge is 0.399 e. The van der Waals surface area contributed by atoms with Gasteiger partial charge in [0.1, 0.15) is 0 Å². The Morgan fingerprint density at radius 2 is 2.00 bits per heavy atom. The number of aryl methyl sites for hydroxylation is 1. The third-order valence-corrected chi connectivity index (χ3v) is 5.27. The van der Waals surface area contributed by atoms with Gasteiger partial charge in [0.25, 0.3) is 0 Å². The van der Waals surface area contributed by atoms with Crippen molar-refractivity contribution in [3.05, 3.63) is 23.3 Å². The van der Waals surface area contributed by atoms with Gasteiger partial charge in [-0.25, -0.2) is 13.1 Å². The second kappa shape index (κ2) is 4.90. The lowest BCUT2D eigenvalue weighted by Crippen LogP contribution is -2.32. The zero-order valence-electron chi connectivity index (χ0n) is 10.9. The van der Waals surface area contributed by atoms with E-state index in [-0.39, 0.29) is 0 Å². The molecule has 18 heavy (non-hydrogen) atoms. The number of nitrogens with two attached hydrogens (primary N) is 1. The third kappa shape index (κ3) is 2.67. The van der Waals surface area contributed by atoms with Crippen LogP contribution in [0.1, 0.15) is 30.4 Å². The van der Waals surface area contributed by atoms with Crippen molar-refractivity contribution in [2.75, 3.05) is 12.3 Å². The van der Waals surface area contributed by atoms with Crippen LogP contribution in [0.15, 0.2) is 17.0 Å². The molecule has 0 heterocycles. The van der Waals surface area contributed by atoms with E-state index >= 15 is 0 Å². The van der Waals surface area contributed by atoms with E-state index in [1.807, 2.05) is 13.8 Å². The van der Waals surface area contributed by atoms with Crippen molar-refractivity contribution in [1.82, 2.24) is 4.72 Å².